The van der Waals surface area contributed by atoms with Gasteiger partial charge in [-0.25, -0.2) is 0 Å². The van der Waals surface area contributed by atoms with E-state index in [4.69, 9.17) is 0 Å². The molecule has 2 aromatic rings. The van der Waals surface area contributed by atoms with Crippen molar-refractivity contribution in [2.45, 2.75) is 13.5 Å². The molecule has 2 rings (SSSR count). The molecule has 27 heavy (non-hydrogen) atoms. The maximum Gasteiger partial charge on any atom is 0.387 e. The molecule has 9 heteroatoms. The van der Waals surface area contributed by atoms with Crippen LogP contribution in [0.25, 0.3) is 0 Å². The highest BCUT2D eigenvalue weighted by atomic mass is 19.3. The lowest BCUT2D eigenvalue weighted by atomic mass is 10.1. The Hall–Kier alpha value is -3.49. The first-order valence-corrected chi connectivity index (χ1v) is 7.84. The number of hydrazine groups is 1. The van der Waals surface area contributed by atoms with Crippen molar-refractivity contribution < 1.29 is 27.9 Å². The van der Waals surface area contributed by atoms with Crippen molar-refractivity contribution in [2.75, 3.05) is 6.54 Å². The quantitative estimate of drug-likeness (QED) is 0.669. The minimum absolute atomic E-state index is 0.0851. The third kappa shape index (κ3) is 6.38. The number of benzene rings is 2. The minimum Gasteiger partial charge on any atom is -0.435 e. The normalized spacial score (nSPS) is 10.2. The van der Waals surface area contributed by atoms with Crippen LogP contribution in [0.4, 0.5) is 8.78 Å². The predicted molar refractivity (Wildman–Crippen MR) is 92.2 cm³/mol. The molecule has 2 aromatic carbocycles. The van der Waals surface area contributed by atoms with E-state index in [1.165, 1.54) is 24.3 Å². The molecule has 0 aromatic heterocycles. The fraction of sp³-hybridized carbons (Fsp3) is 0.167. The van der Waals surface area contributed by atoms with E-state index < -0.39 is 24.3 Å². The molecule has 0 saturated carbocycles. The summed E-state index contributed by atoms with van der Waals surface area (Å²) >= 11 is 0. The van der Waals surface area contributed by atoms with Gasteiger partial charge in [0.05, 0.1) is 6.54 Å². The van der Waals surface area contributed by atoms with E-state index in [-0.39, 0.29) is 17.9 Å². The highest BCUT2D eigenvalue weighted by Gasteiger charge is 2.11. The summed E-state index contributed by atoms with van der Waals surface area (Å²) in [4.78, 5) is 35.5. The molecular formula is C18H17F2N3O4. The van der Waals surface area contributed by atoms with Gasteiger partial charge in [-0.3, -0.25) is 25.2 Å². The van der Waals surface area contributed by atoms with Crippen LogP contribution in [0.3, 0.4) is 0 Å². The molecule has 0 spiro atoms. The molecule has 0 aliphatic carbocycles. The molecule has 0 bridgehead atoms. The largest absolute Gasteiger partial charge is 0.435 e. The molecule has 0 heterocycles. The molecule has 3 N–H and O–H groups in total. The Morgan fingerprint density at radius 2 is 1.44 bits per heavy atom. The van der Waals surface area contributed by atoms with Crippen LogP contribution in [-0.4, -0.2) is 30.9 Å². The zero-order chi connectivity index (χ0) is 19.8. The highest BCUT2D eigenvalue weighted by Crippen LogP contribution is 2.14. The van der Waals surface area contributed by atoms with Crippen molar-refractivity contribution in [3.63, 3.8) is 0 Å². The molecule has 0 fully saturated rings. The molecule has 3 amide bonds. The number of carbonyl (C=O) groups excluding carboxylic acids is 3. The Morgan fingerprint density at radius 1 is 0.889 bits per heavy atom. The van der Waals surface area contributed by atoms with Crippen LogP contribution in [0.15, 0.2) is 48.5 Å². The fourth-order valence-corrected chi connectivity index (χ4v) is 2.00. The van der Waals surface area contributed by atoms with Gasteiger partial charge in [0.1, 0.15) is 5.75 Å². The summed E-state index contributed by atoms with van der Waals surface area (Å²) in [6.45, 7) is -1.46. The van der Waals surface area contributed by atoms with Gasteiger partial charge in [0.2, 0.25) is 0 Å². The minimum atomic E-state index is -2.96. The summed E-state index contributed by atoms with van der Waals surface area (Å²) < 4.78 is 28.3. The SMILES string of the molecule is Cc1ccc(C(=O)NNC(=O)CNC(=O)c2ccc(OC(F)F)cc2)cc1. The number of hydrogen-bond acceptors (Lipinski definition) is 4. The monoisotopic (exact) mass is 377 g/mol. The van der Waals surface area contributed by atoms with Crippen molar-refractivity contribution in [2.24, 2.45) is 0 Å². The van der Waals surface area contributed by atoms with Crippen LogP contribution in [-0.2, 0) is 4.79 Å². The third-order valence-corrected chi connectivity index (χ3v) is 3.38. The van der Waals surface area contributed by atoms with Crippen LogP contribution >= 0.6 is 0 Å². The van der Waals surface area contributed by atoms with E-state index in [9.17, 15) is 23.2 Å². The summed E-state index contributed by atoms with van der Waals surface area (Å²) in [7, 11) is 0. The third-order valence-electron chi connectivity index (χ3n) is 3.38. The van der Waals surface area contributed by atoms with Gasteiger partial charge in [0.25, 0.3) is 17.7 Å². The average molecular weight is 377 g/mol. The Morgan fingerprint density at radius 3 is 2.04 bits per heavy atom. The van der Waals surface area contributed by atoms with Gasteiger partial charge < -0.3 is 10.1 Å². The standard InChI is InChI=1S/C18H17F2N3O4/c1-11-2-4-13(5-3-11)17(26)23-22-15(24)10-21-16(25)12-6-8-14(9-7-12)27-18(19)20/h2-9,18H,10H2,1H3,(H,21,25)(H,22,24)(H,23,26). The van der Waals surface area contributed by atoms with E-state index in [0.717, 1.165) is 5.56 Å². The van der Waals surface area contributed by atoms with Gasteiger partial charge in [-0.1, -0.05) is 17.7 Å². The number of amides is 3. The van der Waals surface area contributed by atoms with Crippen molar-refractivity contribution in [1.82, 2.24) is 16.2 Å². The topological polar surface area (TPSA) is 96.5 Å². The van der Waals surface area contributed by atoms with Crippen molar-refractivity contribution >= 4 is 17.7 Å². The summed E-state index contributed by atoms with van der Waals surface area (Å²) in [6, 6.07) is 11.7. The summed E-state index contributed by atoms with van der Waals surface area (Å²) in [5.41, 5.74) is 5.93. The smallest absolute Gasteiger partial charge is 0.387 e. The molecular weight excluding hydrogens is 360 g/mol. The second kappa shape index (κ2) is 9.27. The number of halogens is 2. The zero-order valence-corrected chi connectivity index (χ0v) is 14.3. The number of aryl methyl sites for hydroxylation is 1. The average Bonchev–Trinajstić information content (AvgIpc) is 2.65. The molecule has 0 saturated heterocycles. The summed E-state index contributed by atoms with van der Waals surface area (Å²) in [5, 5.41) is 2.34. The van der Waals surface area contributed by atoms with Crippen molar-refractivity contribution in [3.8, 4) is 5.75 Å². The second-order valence-corrected chi connectivity index (χ2v) is 5.45. The number of rotatable bonds is 6. The Balaban J connectivity index is 1.76. The number of alkyl halides is 2. The number of ether oxygens (including phenoxy) is 1. The lowest BCUT2D eigenvalue weighted by Crippen LogP contribution is -2.46. The molecule has 0 atom stereocenters. The van der Waals surface area contributed by atoms with Crippen LogP contribution in [0.5, 0.6) is 5.75 Å². The molecule has 0 radical (unpaired) electrons. The van der Waals surface area contributed by atoms with E-state index in [1.54, 1.807) is 24.3 Å². The molecule has 142 valence electrons. The summed E-state index contributed by atoms with van der Waals surface area (Å²) in [5.74, 6) is -1.80. The maximum atomic E-state index is 12.1. The van der Waals surface area contributed by atoms with Gasteiger partial charge in [0.15, 0.2) is 0 Å². The van der Waals surface area contributed by atoms with Crippen LogP contribution < -0.4 is 20.9 Å². The summed E-state index contributed by atoms with van der Waals surface area (Å²) in [6.07, 6.45) is 0. The van der Waals surface area contributed by atoms with Crippen LogP contribution in [0.2, 0.25) is 0 Å². The number of hydrogen-bond donors (Lipinski definition) is 3. The van der Waals surface area contributed by atoms with Crippen molar-refractivity contribution in [1.29, 1.82) is 0 Å². The first-order chi connectivity index (χ1) is 12.8. The fourth-order valence-electron chi connectivity index (χ4n) is 2.00. The van der Waals surface area contributed by atoms with Gasteiger partial charge in [0, 0.05) is 11.1 Å². The molecule has 0 unspecified atom stereocenters. The maximum absolute atomic E-state index is 12.1. The Labute approximate surface area is 153 Å². The lowest BCUT2D eigenvalue weighted by molar-refractivity contribution is -0.120. The first-order valence-electron chi connectivity index (χ1n) is 7.84. The first kappa shape index (κ1) is 19.8. The lowest BCUT2D eigenvalue weighted by Gasteiger charge is -2.09. The number of carbonyl (C=O) groups is 3. The van der Waals surface area contributed by atoms with E-state index in [2.05, 4.69) is 20.9 Å². The van der Waals surface area contributed by atoms with E-state index >= 15 is 0 Å². The van der Waals surface area contributed by atoms with Crippen LogP contribution in [0, 0.1) is 6.92 Å². The van der Waals surface area contributed by atoms with Gasteiger partial charge in [-0.2, -0.15) is 8.78 Å². The zero-order valence-electron chi connectivity index (χ0n) is 14.3. The predicted octanol–water partition coefficient (Wildman–Crippen LogP) is 1.79. The van der Waals surface area contributed by atoms with E-state index in [1.807, 2.05) is 6.92 Å². The van der Waals surface area contributed by atoms with Gasteiger partial charge >= 0.3 is 6.61 Å². The second-order valence-electron chi connectivity index (χ2n) is 5.45. The van der Waals surface area contributed by atoms with Gasteiger partial charge in [-0.05, 0) is 43.3 Å². The van der Waals surface area contributed by atoms with Gasteiger partial charge in [-0.15, -0.1) is 0 Å². The van der Waals surface area contributed by atoms with Crippen LogP contribution in [0.1, 0.15) is 26.3 Å². The van der Waals surface area contributed by atoms with Crippen molar-refractivity contribution in [3.05, 3.63) is 65.2 Å². The Kier molecular flexibility index (Phi) is 6.81. The Bertz CT molecular complexity index is 808. The van der Waals surface area contributed by atoms with E-state index in [0.29, 0.717) is 5.56 Å². The molecule has 0 aliphatic rings. The number of nitrogens with one attached hydrogen (secondary N) is 3. The highest BCUT2D eigenvalue weighted by molar-refractivity contribution is 5.98. The molecule has 7 nitrogen and oxygen atoms in total. The molecule has 0 aliphatic heterocycles.